The summed E-state index contributed by atoms with van der Waals surface area (Å²) in [5.74, 6) is -2.37. The number of hydrogen-bond acceptors (Lipinski definition) is 5. The molecule has 0 spiro atoms. The molecule has 0 aromatic heterocycles. The SMILES string of the molecule is C1CCCC1.CNc1ccccc1.N#CC1CC(C=O)CN1C(=O)C(N)=O. The van der Waals surface area contributed by atoms with E-state index in [1.54, 1.807) is 0 Å². The zero-order valence-corrected chi connectivity index (χ0v) is 15.8. The van der Waals surface area contributed by atoms with Crippen molar-refractivity contribution >= 4 is 23.8 Å². The van der Waals surface area contributed by atoms with Crippen LogP contribution in [0.15, 0.2) is 30.3 Å². The number of anilines is 1. The minimum absolute atomic E-state index is 0.101. The van der Waals surface area contributed by atoms with Crippen LogP contribution in [-0.2, 0) is 14.4 Å². The second kappa shape index (κ2) is 12.5. The highest BCUT2D eigenvalue weighted by Gasteiger charge is 2.36. The summed E-state index contributed by atoms with van der Waals surface area (Å²) in [4.78, 5) is 33.2. The van der Waals surface area contributed by atoms with Gasteiger partial charge in [-0.05, 0) is 18.6 Å². The molecule has 7 heteroatoms. The number of nitriles is 1. The fourth-order valence-corrected chi connectivity index (χ4v) is 2.94. The molecule has 0 bridgehead atoms. The summed E-state index contributed by atoms with van der Waals surface area (Å²) in [6.45, 7) is 0.101. The first-order chi connectivity index (χ1) is 13.0. The van der Waals surface area contributed by atoms with Crippen LogP contribution in [0.5, 0.6) is 0 Å². The fraction of sp³-hybridized carbons (Fsp3) is 0.500. The van der Waals surface area contributed by atoms with Crippen molar-refractivity contribution < 1.29 is 14.4 Å². The molecule has 0 radical (unpaired) electrons. The molecule has 1 aliphatic carbocycles. The fourth-order valence-electron chi connectivity index (χ4n) is 2.94. The maximum absolute atomic E-state index is 11.2. The van der Waals surface area contributed by atoms with Crippen LogP contribution in [0.3, 0.4) is 0 Å². The Morgan fingerprint density at radius 1 is 1.19 bits per heavy atom. The molecule has 2 amide bonds. The summed E-state index contributed by atoms with van der Waals surface area (Å²) in [6.07, 6.45) is 8.46. The van der Waals surface area contributed by atoms with Gasteiger partial charge in [-0.25, -0.2) is 0 Å². The molecule has 1 saturated carbocycles. The van der Waals surface area contributed by atoms with E-state index in [9.17, 15) is 14.4 Å². The summed E-state index contributed by atoms with van der Waals surface area (Å²) < 4.78 is 0. The second-order valence-corrected chi connectivity index (χ2v) is 6.48. The molecule has 27 heavy (non-hydrogen) atoms. The monoisotopic (exact) mass is 372 g/mol. The molecule has 1 aliphatic heterocycles. The molecule has 1 saturated heterocycles. The van der Waals surface area contributed by atoms with Crippen molar-refractivity contribution in [2.24, 2.45) is 11.7 Å². The molecule has 2 unspecified atom stereocenters. The lowest BCUT2D eigenvalue weighted by Gasteiger charge is -2.16. The molecule has 3 N–H and O–H groups in total. The molecule has 2 fully saturated rings. The Kier molecular flexibility index (Phi) is 10.2. The second-order valence-electron chi connectivity index (χ2n) is 6.48. The normalized spacial score (nSPS) is 20.2. The van der Waals surface area contributed by atoms with Crippen molar-refractivity contribution in [2.45, 2.75) is 44.6 Å². The molecule has 3 rings (SSSR count). The first-order valence-electron chi connectivity index (χ1n) is 9.21. The molecule has 7 nitrogen and oxygen atoms in total. The maximum Gasteiger partial charge on any atom is 0.312 e. The van der Waals surface area contributed by atoms with E-state index >= 15 is 0 Å². The Bertz CT molecular complexity index is 631. The number of nitrogens with one attached hydrogen (secondary N) is 1. The van der Waals surface area contributed by atoms with Crippen LogP contribution in [0.4, 0.5) is 5.69 Å². The molecular formula is C20H28N4O3. The molecular weight excluding hydrogens is 344 g/mol. The van der Waals surface area contributed by atoms with Crippen molar-refractivity contribution in [3.05, 3.63) is 30.3 Å². The molecule has 1 aromatic carbocycles. The number of primary amides is 1. The van der Waals surface area contributed by atoms with Crippen molar-refractivity contribution in [3.8, 4) is 6.07 Å². The number of para-hydroxylation sites is 1. The van der Waals surface area contributed by atoms with E-state index in [4.69, 9.17) is 11.0 Å². The minimum Gasteiger partial charge on any atom is -0.388 e. The largest absolute Gasteiger partial charge is 0.388 e. The number of nitrogens with two attached hydrogens (primary N) is 1. The van der Waals surface area contributed by atoms with E-state index in [0.717, 1.165) is 10.6 Å². The van der Waals surface area contributed by atoms with Gasteiger partial charge in [-0.3, -0.25) is 9.59 Å². The van der Waals surface area contributed by atoms with Crippen molar-refractivity contribution in [2.75, 3.05) is 18.9 Å². The molecule has 2 aliphatic rings. The van der Waals surface area contributed by atoms with Crippen LogP contribution in [0.1, 0.15) is 38.5 Å². The van der Waals surface area contributed by atoms with E-state index in [1.165, 1.54) is 32.1 Å². The van der Waals surface area contributed by atoms with Crippen molar-refractivity contribution in [1.29, 1.82) is 5.26 Å². The Morgan fingerprint density at radius 3 is 2.11 bits per heavy atom. The zero-order valence-electron chi connectivity index (χ0n) is 15.8. The topological polar surface area (TPSA) is 116 Å². The summed E-state index contributed by atoms with van der Waals surface area (Å²) >= 11 is 0. The van der Waals surface area contributed by atoms with Gasteiger partial charge in [0.1, 0.15) is 12.3 Å². The third-order valence-electron chi connectivity index (χ3n) is 4.46. The smallest absolute Gasteiger partial charge is 0.312 e. The van der Waals surface area contributed by atoms with Gasteiger partial charge in [0.25, 0.3) is 0 Å². The molecule has 2 atom stereocenters. The lowest BCUT2D eigenvalue weighted by Crippen LogP contribution is -2.42. The van der Waals surface area contributed by atoms with Crippen LogP contribution >= 0.6 is 0 Å². The summed E-state index contributed by atoms with van der Waals surface area (Å²) in [6, 6.07) is 11.2. The highest BCUT2D eigenvalue weighted by Crippen LogP contribution is 2.21. The van der Waals surface area contributed by atoms with Crippen LogP contribution in [0.2, 0.25) is 0 Å². The van der Waals surface area contributed by atoms with Gasteiger partial charge in [0, 0.05) is 25.2 Å². The Labute approximate surface area is 160 Å². The van der Waals surface area contributed by atoms with Crippen LogP contribution in [0.25, 0.3) is 0 Å². The minimum atomic E-state index is -1.10. The van der Waals surface area contributed by atoms with E-state index in [1.807, 2.05) is 43.4 Å². The third kappa shape index (κ3) is 7.90. The highest BCUT2D eigenvalue weighted by molar-refractivity contribution is 6.34. The van der Waals surface area contributed by atoms with Gasteiger partial charge >= 0.3 is 11.8 Å². The number of hydrogen-bond donors (Lipinski definition) is 2. The van der Waals surface area contributed by atoms with Crippen molar-refractivity contribution in [3.63, 3.8) is 0 Å². The first-order valence-corrected chi connectivity index (χ1v) is 9.21. The standard InChI is InChI=1S/C8H9N3O3.C7H9N.C5H10/c9-2-6-1-5(4-12)3-11(6)8(14)7(10)13;1-8-7-5-3-2-4-6-7;1-2-4-5-3-1/h4-6H,1,3H2,(H2,10,13);2-6,8H,1H3;1-5H2. The number of likely N-dealkylation sites (tertiary alicyclic amines) is 1. The average Bonchev–Trinajstić information content (AvgIpc) is 3.41. The van der Waals surface area contributed by atoms with E-state index in [0.29, 0.717) is 6.29 Å². The molecule has 1 aromatic rings. The number of benzene rings is 1. The number of nitrogens with zero attached hydrogens (tertiary/aromatic N) is 2. The number of aldehydes is 1. The quantitative estimate of drug-likeness (QED) is 0.609. The summed E-state index contributed by atoms with van der Waals surface area (Å²) in [5, 5.41) is 11.7. The Balaban J connectivity index is 0.000000233. The third-order valence-corrected chi connectivity index (χ3v) is 4.46. The number of carbonyl (C=O) groups is 3. The van der Waals surface area contributed by atoms with Gasteiger partial charge in [-0.2, -0.15) is 5.26 Å². The average molecular weight is 372 g/mol. The predicted octanol–water partition coefficient (Wildman–Crippen LogP) is 2.09. The first kappa shape index (κ1) is 22.2. The Hall–Kier alpha value is -2.88. The van der Waals surface area contributed by atoms with E-state index < -0.39 is 17.9 Å². The summed E-state index contributed by atoms with van der Waals surface area (Å²) in [7, 11) is 1.91. The van der Waals surface area contributed by atoms with Gasteiger partial charge in [-0.15, -0.1) is 0 Å². The lowest BCUT2D eigenvalue weighted by molar-refractivity contribution is -0.144. The number of amides is 2. The lowest BCUT2D eigenvalue weighted by atomic mass is 10.1. The zero-order chi connectivity index (χ0) is 20.1. The van der Waals surface area contributed by atoms with Crippen LogP contribution in [0, 0.1) is 17.2 Å². The Morgan fingerprint density at radius 2 is 1.74 bits per heavy atom. The molecule has 1 heterocycles. The van der Waals surface area contributed by atoms with Gasteiger partial charge in [0.15, 0.2) is 0 Å². The van der Waals surface area contributed by atoms with E-state index in [-0.39, 0.29) is 18.9 Å². The van der Waals surface area contributed by atoms with Gasteiger partial charge < -0.3 is 20.7 Å². The predicted molar refractivity (Wildman–Crippen MR) is 104 cm³/mol. The van der Waals surface area contributed by atoms with Gasteiger partial charge in [-0.1, -0.05) is 50.3 Å². The van der Waals surface area contributed by atoms with Gasteiger partial charge in [0.2, 0.25) is 0 Å². The summed E-state index contributed by atoms with van der Waals surface area (Å²) in [5.41, 5.74) is 5.95. The number of carbonyl (C=O) groups excluding carboxylic acids is 3. The van der Waals surface area contributed by atoms with Crippen LogP contribution in [-0.4, -0.2) is 42.6 Å². The van der Waals surface area contributed by atoms with Crippen molar-refractivity contribution in [1.82, 2.24) is 4.90 Å². The molecule has 146 valence electrons. The van der Waals surface area contributed by atoms with Gasteiger partial charge in [0.05, 0.1) is 6.07 Å². The number of rotatable bonds is 2. The maximum atomic E-state index is 11.2. The highest BCUT2D eigenvalue weighted by atomic mass is 16.2. The van der Waals surface area contributed by atoms with Crippen LogP contribution < -0.4 is 11.1 Å². The van der Waals surface area contributed by atoms with E-state index in [2.05, 4.69) is 5.32 Å².